The molecule has 0 saturated heterocycles. The highest BCUT2D eigenvalue weighted by Crippen LogP contribution is 2.19. The van der Waals surface area contributed by atoms with Crippen molar-refractivity contribution in [1.82, 2.24) is 4.90 Å². The number of carbonyl (C=O) groups excluding carboxylic acids is 1. The van der Waals surface area contributed by atoms with E-state index in [1.807, 2.05) is 32.0 Å². The van der Waals surface area contributed by atoms with Crippen LogP contribution in [0.25, 0.3) is 0 Å². The molecule has 0 saturated carbocycles. The first kappa shape index (κ1) is 13.7. The summed E-state index contributed by atoms with van der Waals surface area (Å²) in [6.45, 7) is 4.79. The van der Waals surface area contributed by atoms with E-state index in [9.17, 15) is 4.79 Å². The number of aryl methyl sites for hydroxylation is 2. The Bertz CT molecular complexity index is 371. The fourth-order valence-electron chi connectivity index (χ4n) is 1.69. The first-order chi connectivity index (χ1) is 8.04. The van der Waals surface area contributed by atoms with E-state index in [2.05, 4.69) is 5.32 Å². The first-order valence-electron chi connectivity index (χ1n) is 5.70. The molecule has 2 N–H and O–H groups in total. The van der Waals surface area contributed by atoms with Crippen molar-refractivity contribution in [3.8, 4) is 0 Å². The Hall–Kier alpha value is -1.39. The van der Waals surface area contributed by atoms with Crippen LogP contribution in [-0.4, -0.2) is 42.7 Å². The highest BCUT2D eigenvalue weighted by Gasteiger charge is 2.09. The first-order valence-corrected chi connectivity index (χ1v) is 5.70. The van der Waals surface area contributed by atoms with Gasteiger partial charge in [-0.2, -0.15) is 0 Å². The van der Waals surface area contributed by atoms with Gasteiger partial charge in [-0.05, 0) is 32.0 Å². The number of nitrogens with zero attached hydrogens (tertiary/aromatic N) is 1. The van der Waals surface area contributed by atoms with Crippen LogP contribution >= 0.6 is 0 Å². The summed E-state index contributed by atoms with van der Waals surface area (Å²) in [5.74, 6) is -0.0571. The van der Waals surface area contributed by atoms with Crippen LogP contribution in [0.15, 0.2) is 18.2 Å². The van der Waals surface area contributed by atoms with Crippen LogP contribution in [0, 0.1) is 13.8 Å². The Balaban J connectivity index is 2.62. The van der Waals surface area contributed by atoms with E-state index >= 15 is 0 Å². The largest absolute Gasteiger partial charge is 0.395 e. The molecule has 4 heteroatoms. The second-order valence-electron chi connectivity index (χ2n) is 4.28. The highest BCUT2D eigenvalue weighted by molar-refractivity contribution is 5.93. The summed E-state index contributed by atoms with van der Waals surface area (Å²) in [5.41, 5.74) is 3.00. The molecule has 1 aromatic rings. The van der Waals surface area contributed by atoms with Crippen LogP contribution in [0.4, 0.5) is 5.69 Å². The predicted molar refractivity (Wildman–Crippen MR) is 69.1 cm³/mol. The Morgan fingerprint density at radius 2 is 1.94 bits per heavy atom. The zero-order valence-electron chi connectivity index (χ0n) is 10.7. The van der Waals surface area contributed by atoms with Crippen molar-refractivity contribution in [2.75, 3.05) is 32.1 Å². The molecular formula is C13H20N2O2. The van der Waals surface area contributed by atoms with Crippen molar-refractivity contribution in [1.29, 1.82) is 0 Å². The van der Waals surface area contributed by atoms with Gasteiger partial charge in [-0.15, -0.1) is 0 Å². The smallest absolute Gasteiger partial charge is 0.238 e. The summed E-state index contributed by atoms with van der Waals surface area (Å²) in [6.07, 6.45) is 0. The lowest BCUT2D eigenvalue weighted by atomic mass is 10.1. The van der Waals surface area contributed by atoms with Crippen LogP contribution in [0.1, 0.15) is 11.1 Å². The van der Waals surface area contributed by atoms with Gasteiger partial charge in [-0.25, -0.2) is 0 Å². The maximum atomic E-state index is 11.8. The summed E-state index contributed by atoms with van der Waals surface area (Å²) < 4.78 is 0. The predicted octanol–water partition coefficient (Wildman–Crippen LogP) is 1.17. The van der Waals surface area contributed by atoms with E-state index in [4.69, 9.17) is 5.11 Å². The van der Waals surface area contributed by atoms with Gasteiger partial charge in [0.05, 0.1) is 13.2 Å². The number of amides is 1. The number of hydrogen-bond acceptors (Lipinski definition) is 3. The molecule has 94 valence electrons. The monoisotopic (exact) mass is 236 g/mol. The van der Waals surface area contributed by atoms with Gasteiger partial charge < -0.3 is 10.4 Å². The van der Waals surface area contributed by atoms with Gasteiger partial charge >= 0.3 is 0 Å². The Morgan fingerprint density at radius 1 is 1.35 bits per heavy atom. The molecule has 1 aromatic carbocycles. The molecule has 4 nitrogen and oxygen atoms in total. The summed E-state index contributed by atoms with van der Waals surface area (Å²) in [7, 11) is 1.81. The Labute approximate surface area is 102 Å². The Kier molecular flexibility index (Phi) is 5.12. The number of carbonyl (C=O) groups is 1. The zero-order valence-corrected chi connectivity index (χ0v) is 10.7. The fourth-order valence-corrected chi connectivity index (χ4v) is 1.69. The average Bonchev–Trinajstić information content (AvgIpc) is 2.24. The minimum Gasteiger partial charge on any atom is -0.395 e. The van der Waals surface area contributed by atoms with Gasteiger partial charge in [0.2, 0.25) is 5.91 Å². The van der Waals surface area contributed by atoms with Crippen molar-refractivity contribution in [2.24, 2.45) is 0 Å². The topological polar surface area (TPSA) is 52.6 Å². The van der Waals surface area contributed by atoms with Gasteiger partial charge in [0.1, 0.15) is 0 Å². The SMILES string of the molecule is Cc1cccc(C)c1NC(=O)CN(C)CCO. The second kappa shape index (κ2) is 6.37. The molecule has 1 rings (SSSR count). The fraction of sp³-hybridized carbons (Fsp3) is 0.462. The number of benzene rings is 1. The van der Waals surface area contributed by atoms with E-state index in [0.29, 0.717) is 6.54 Å². The quantitative estimate of drug-likeness (QED) is 0.807. The van der Waals surface area contributed by atoms with Gasteiger partial charge in [0.15, 0.2) is 0 Å². The molecule has 0 atom stereocenters. The summed E-state index contributed by atoms with van der Waals surface area (Å²) in [4.78, 5) is 13.5. The molecule has 0 unspecified atom stereocenters. The summed E-state index contributed by atoms with van der Waals surface area (Å²) in [5, 5.41) is 11.7. The third-order valence-corrected chi connectivity index (χ3v) is 2.64. The average molecular weight is 236 g/mol. The number of para-hydroxylation sites is 1. The van der Waals surface area contributed by atoms with Crippen molar-refractivity contribution in [3.63, 3.8) is 0 Å². The maximum Gasteiger partial charge on any atom is 0.238 e. The molecule has 0 fully saturated rings. The summed E-state index contributed by atoms with van der Waals surface area (Å²) in [6, 6.07) is 5.91. The third-order valence-electron chi connectivity index (χ3n) is 2.64. The number of rotatable bonds is 5. The molecule has 17 heavy (non-hydrogen) atoms. The van der Waals surface area contributed by atoms with Crippen LogP contribution in [0.5, 0.6) is 0 Å². The zero-order chi connectivity index (χ0) is 12.8. The van der Waals surface area contributed by atoms with Crippen molar-refractivity contribution < 1.29 is 9.90 Å². The van der Waals surface area contributed by atoms with Crippen LogP contribution in [0.2, 0.25) is 0 Å². The van der Waals surface area contributed by atoms with Crippen LogP contribution in [-0.2, 0) is 4.79 Å². The summed E-state index contributed by atoms with van der Waals surface area (Å²) >= 11 is 0. The van der Waals surface area contributed by atoms with Crippen molar-refractivity contribution >= 4 is 11.6 Å². The van der Waals surface area contributed by atoms with Gasteiger partial charge in [0, 0.05) is 12.2 Å². The molecule has 0 radical (unpaired) electrons. The lowest BCUT2D eigenvalue weighted by Crippen LogP contribution is -2.32. The second-order valence-corrected chi connectivity index (χ2v) is 4.28. The maximum absolute atomic E-state index is 11.8. The molecular weight excluding hydrogens is 216 g/mol. The number of aliphatic hydroxyl groups excluding tert-OH is 1. The van der Waals surface area contributed by atoms with Crippen LogP contribution < -0.4 is 5.32 Å². The van der Waals surface area contributed by atoms with E-state index in [0.717, 1.165) is 16.8 Å². The number of nitrogens with one attached hydrogen (secondary N) is 1. The van der Waals surface area contributed by atoms with Gasteiger partial charge in [-0.1, -0.05) is 18.2 Å². The van der Waals surface area contributed by atoms with E-state index in [1.54, 1.807) is 11.9 Å². The molecule has 0 aliphatic carbocycles. The normalized spacial score (nSPS) is 10.6. The van der Waals surface area contributed by atoms with E-state index in [1.165, 1.54) is 0 Å². The standard InChI is InChI=1S/C13H20N2O2/c1-10-5-4-6-11(2)13(10)14-12(17)9-15(3)7-8-16/h4-6,16H,7-9H2,1-3H3,(H,14,17). The molecule has 0 aromatic heterocycles. The van der Waals surface area contributed by atoms with E-state index in [-0.39, 0.29) is 19.1 Å². The molecule has 0 aliphatic heterocycles. The molecule has 0 spiro atoms. The molecule has 0 bridgehead atoms. The number of anilines is 1. The molecule has 0 heterocycles. The molecule has 0 aliphatic rings. The minimum atomic E-state index is -0.0571. The van der Waals surface area contributed by atoms with E-state index < -0.39 is 0 Å². The van der Waals surface area contributed by atoms with Crippen LogP contribution in [0.3, 0.4) is 0 Å². The van der Waals surface area contributed by atoms with Crippen molar-refractivity contribution in [2.45, 2.75) is 13.8 Å². The van der Waals surface area contributed by atoms with Crippen molar-refractivity contribution in [3.05, 3.63) is 29.3 Å². The number of aliphatic hydroxyl groups is 1. The highest BCUT2D eigenvalue weighted by atomic mass is 16.3. The lowest BCUT2D eigenvalue weighted by Gasteiger charge is -2.16. The third kappa shape index (κ3) is 4.17. The lowest BCUT2D eigenvalue weighted by molar-refractivity contribution is -0.117. The number of hydrogen-bond donors (Lipinski definition) is 2. The molecule has 1 amide bonds. The minimum absolute atomic E-state index is 0.0571. The van der Waals surface area contributed by atoms with Gasteiger partial charge in [-0.3, -0.25) is 9.69 Å². The Morgan fingerprint density at radius 3 is 2.47 bits per heavy atom. The van der Waals surface area contributed by atoms with Gasteiger partial charge in [0.25, 0.3) is 0 Å². The number of likely N-dealkylation sites (N-methyl/N-ethyl adjacent to an activating group) is 1.